The lowest BCUT2D eigenvalue weighted by atomic mass is 9.87. The first-order valence-electron chi connectivity index (χ1n) is 9.58. The number of carbonyl (C=O) groups excluding carboxylic acids is 1. The molecule has 0 aromatic heterocycles. The van der Waals surface area contributed by atoms with Gasteiger partial charge >= 0.3 is 0 Å². The predicted molar refractivity (Wildman–Crippen MR) is 109 cm³/mol. The summed E-state index contributed by atoms with van der Waals surface area (Å²) in [5.41, 5.74) is 1.51. The highest BCUT2D eigenvalue weighted by molar-refractivity contribution is 5.95. The van der Waals surface area contributed by atoms with Crippen molar-refractivity contribution in [1.29, 1.82) is 0 Å². The number of nitrogens with zero attached hydrogens (tertiary/aromatic N) is 1. The van der Waals surface area contributed by atoms with E-state index in [1.54, 1.807) is 31.4 Å². The second kappa shape index (κ2) is 9.42. The fourth-order valence-corrected chi connectivity index (χ4v) is 3.59. The van der Waals surface area contributed by atoms with Gasteiger partial charge in [0.05, 0.1) is 13.2 Å². The van der Waals surface area contributed by atoms with Crippen molar-refractivity contribution in [3.63, 3.8) is 0 Å². The molecule has 0 radical (unpaired) electrons. The molecule has 1 unspecified atom stereocenters. The Morgan fingerprint density at radius 3 is 2.57 bits per heavy atom. The summed E-state index contributed by atoms with van der Waals surface area (Å²) >= 11 is 0. The summed E-state index contributed by atoms with van der Waals surface area (Å²) in [5.74, 6) is 1.25. The van der Waals surface area contributed by atoms with Crippen LogP contribution in [0, 0.1) is 5.92 Å². The molecule has 1 amide bonds. The van der Waals surface area contributed by atoms with Gasteiger partial charge in [0.15, 0.2) is 11.5 Å². The van der Waals surface area contributed by atoms with Crippen LogP contribution in [0.2, 0.25) is 0 Å². The summed E-state index contributed by atoms with van der Waals surface area (Å²) in [6, 6.07) is 14.9. The van der Waals surface area contributed by atoms with Crippen molar-refractivity contribution in [2.75, 3.05) is 26.8 Å². The highest BCUT2D eigenvalue weighted by atomic mass is 16.5. The van der Waals surface area contributed by atoms with E-state index in [-0.39, 0.29) is 11.8 Å². The molecule has 0 spiro atoms. The van der Waals surface area contributed by atoms with Gasteiger partial charge < -0.3 is 19.5 Å². The second-order valence-electron chi connectivity index (χ2n) is 6.95. The fraction of sp³-hybridized carbons (Fsp3) is 0.348. The molecule has 1 fully saturated rings. The van der Waals surface area contributed by atoms with Gasteiger partial charge in [0.2, 0.25) is 0 Å². The van der Waals surface area contributed by atoms with Crippen LogP contribution in [0.25, 0.3) is 0 Å². The van der Waals surface area contributed by atoms with E-state index in [0.717, 1.165) is 18.4 Å². The maximum Gasteiger partial charge on any atom is 0.253 e. The summed E-state index contributed by atoms with van der Waals surface area (Å²) < 4.78 is 10.9. The van der Waals surface area contributed by atoms with E-state index in [1.807, 2.05) is 35.2 Å². The van der Waals surface area contributed by atoms with Gasteiger partial charge in [0.1, 0.15) is 6.61 Å². The number of hydrogen-bond acceptors (Lipinski definition) is 4. The number of aliphatic hydroxyl groups is 1. The number of ether oxygens (including phenoxy) is 2. The molecule has 3 rings (SSSR count). The highest BCUT2D eigenvalue weighted by Gasteiger charge is 2.29. The molecule has 148 valence electrons. The standard InChI is InChI=1S/C23H27NO4/c1-3-15-28-20-10-9-19(16-21(20)27-2)23(26)24-13-11-18(12-14-24)22(25)17-7-5-4-6-8-17/h3-10,16,18,22,25H,1,11-15H2,2H3. The van der Waals surface area contributed by atoms with E-state index >= 15 is 0 Å². The van der Waals surface area contributed by atoms with Gasteiger partial charge in [-0.1, -0.05) is 43.0 Å². The van der Waals surface area contributed by atoms with Crippen molar-refractivity contribution in [2.45, 2.75) is 18.9 Å². The van der Waals surface area contributed by atoms with Gasteiger partial charge in [-0.3, -0.25) is 4.79 Å². The monoisotopic (exact) mass is 381 g/mol. The fourth-order valence-electron chi connectivity index (χ4n) is 3.59. The molecule has 0 bridgehead atoms. The first-order valence-corrected chi connectivity index (χ1v) is 9.58. The largest absolute Gasteiger partial charge is 0.493 e. The number of amides is 1. The van der Waals surface area contributed by atoms with Crippen LogP contribution in [0.5, 0.6) is 11.5 Å². The molecule has 1 aliphatic heterocycles. The quantitative estimate of drug-likeness (QED) is 0.740. The van der Waals surface area contributed by atoms with Gasteiger partial charge in [-0.2, -0.15) is 0 Å². The molecular formula is C23H27NO4. The lowest BCUT2D eigenvalue weighted by Crippen LogP contribution is -2.39. The zero-order valence-electron chi connectivity index (χ0n) is 16.2. The number of methoxy groups -OCH3 is 1. The van der Waals surface area contributed by atoms with Crippen LogP contribution >= 0.6 is 0 Å². The Hall–Kier alpha value is -2.79. The van der Waals surface area contributed by atoms with Crippen molar-refractivity contribution in [1.82, 2.24) is 4.90 Å². The Labute approximate surface area is 166 Å². The van der Waals surface area contributed by atoms with Gasteiger partial charge in [-0.15, -0.1) is 0 Å². The third kappa shape index (κ3) is 4.54. The molecule has 1 heterocycles. The van der Waals surface area contributed by atoms with E-state index in [4.69, 9.17) is 9.47 Å². The average molecular weight is 381 g/mol. The zero-order valence-corrected chi connectivity index (χ0v) is 16.2. The molecule has 0 aliphatic carbocycles. The first kappa shape index (κ1) is 20.0. The van der Waals surface area contributed by atoms with Gasteiger partial charge in [0.25, 0.3) is 5.91 Å². The van der Waals surface area contributed by atoms with Crippen LogP contribution in [-0.2, 0) is 0 Å². The first-order chi connectivity index (χ1) is 13.6. The molecule has 0 saturated carbocycles. The Balaban J connectivity index is 1.62. The van der Waals surface area contributed by atoms with Gasteiger partial charge in [-0.25, -0.2) is 0 Å². The predicted octanol–water partition coefficient (Wildman–Crippen LogP) is 3.85. The Kier molecular flexibility index (Phi) is 6.71. The van der Waals surface area contributed by atoms with Gasteiger partial charge in [-0.05, 0) is 42.5 Å². The summed E-state index contributed by atoms with van der Waals surface area (Å²) in [5, 5.41) is 10.6. The zero-order chi connectivity index (χ0) is 19.9. The topological polar surface area (TPSA) is 59.0 Å². The minimum atomic E-state index is -0.486. The van der Waals surface area contributed by atoms with E-state index in [0.29, 0.717) is 36.8 Å². The normalized spacial score (nSPS) is 15.7. The molecule has 5 nitrogen and oxygen atoms in total. The molecule has 1 saturated heterocycles. The molecule has 5 heteroatoms. The van der Waals surface area contributed by atoms with Crippen LogP contribution in [-0.4, -0.2) is 42.7 Å². The van der Waals surface area contributed by atoms with Crippen molar-refractivity contribution >= 4 is 5.91 Å². The lowest BCUT2D eigenvalue weighted by Gasteiger charge is -2.34. The maximum atomic E-state index is 12.9. The molecular weight excluding hydrogens is 354 g/mol. The van der Waals surface area contributed by atoms with E-state index < -0.39 is 6.10 Å². The Morgan fingerprint density at radius 1 is 1.21 bits per heavy atom. The number of benzene rings is 2. The number of hydrogen-bond donors (Lipinski definition) is 1. The average Bonchev–Trinajstić information content (AvgIpc) is 2.77. The van der Waals surface area contributed by atoms with Crippen LogP contribution < -0.4 is 9.47 Å². The van der Waals surface area contributed by atoms with Crippen molar-refractivity contribution in [3.8, 4) is 11.5 Å². The number of aliphatic hydroxyl groups excluding tert-OH is 1. The number of likely N-dealkylation sites (tertiary alicyclic amines) is 1. The maximum absolute atomic E-state index is 12.9. The molecule has 1 N–H and O–H groups in total. The van der Waals surface area contributed by atoms with Crippen LogP contribution in [0.3, 0.4) is 0 Å². The molecule has 1 atom stereocenters. The minimum Gasteiger partial charge on any atom is -0.493 e. The summed E-state index contributed by atoms with van der Waals surface area (Å²) in [7, 11) is 1.56. The van der Waals surface area contributed by atoms with Crippen molar-refractivity contribution in [2.24, 2.45) is 5.92 Å². The van der Waals surface area contributed by atoms with Crippen LogP contribution in [0.4, 0.5) is 0 Å². The van der Waals surface area contributed by atoms with Gasteiger partial charge in [0, 0.05) is 18.7 Å². The third-order valence-electron chi connectivity index (χ3n) is 5.18. The van der Waals surface area contributed by atoms with E-state index in [1.165, 1.54) is 0 Å². The summed E-state index contributed by atoms with van der Waals surface area (Å²) in [6.07, 6.45) is 2.73. The van der Waals surface area contributed by atoms with Crippen molar-refractivity contribution < 1.29 is 19.4 Å². The van der Waals surface area contributed by atoms with Crippen LogP contribution in [0.1, 0.15) is 34.9 Å². The smallest absolute Gasteiger partial charge is 0.253 e. The lowest BCUT2D eigenvalue weighted by molar-refractivity contribution is 0.0462. The molecule has 2 aromatic carbocycles. The number of piperidine rings is 1. The minimum absolute atomic E-state index is 0.0266. The van der Waals surface area contributed by atoms with E-state index in [9.17, 15) is 9.90 Å². The van der Waals surface area contributed by atoms with E-state index in [2.05, 4.69) is 6.58 Å². The third-order valence-corrected chi connectivity index (χ3v) is 5.18. The molecule has 1 aliphatic rings. The Bertz CT molecular complexity index is 798. The highest BCUT2D eigenvalue weighted by Crippen LogP contribution is 2.32. The number of rotatable bonds is 7. The Morgan fingerprint density at radius 2 is 1.93 bits per heavy atom. The second-order valence-corrected chi connectivity index (χ2v) is 6.95. The summed E-state index contributed by atoms with van der Waals surface area (Å²) in [6.45, 7) is 5.27. The van der Waals surface area contributed by atoms with Crippen LogP contribution in [0.15, 0.2) is 61.2 Å². The molecule has 28 heavy (non-hydrogen) atoms. The SMILES string of the molecule is C=CCOc1ccc(C(=O)N2CCC(C(O)c3ccccc3)CC2)cc1OC. The van der Waals surface area contributed by atoms with Crippen molar-refractivity contribution in [3.05, 3.63) is 72.3 Å². The summed E-state index contributed by atoms with van der Waals surface area (Å²) in [4.78, 5) is 14.7. The molecule has 2 aromatic rings. The number of carbonyl (C=O) groups is 1.